The van der Waals surface area contributed by atoms with Crippen LogP contribution in [0.2, 0.25) is 5.02 Å². The van der Waals surface area contributed by atoms with E-state index in [4.69, 9.17) is 11.6 Å². The molecule has 21 heavy (non-hydrogen) atoms. The molecule has 3 aromatic rings. The number of fused-ring (bicyclic) bond motifs is 1. The molecular formula is C16H14ClN3Y-2. The number of nitrogens with zero attached hydrogens (tertiary/aromatic N) is 2. The molecule has 0 atom stereocenters. The van der Waals surface area contributed by atoms with Gasteiger partial charge in [-0.15, -0.1) is 6.07 Å². The van der Waals surface area contributed by atoms with Gasteiger partial charge < -0.3 is 12.7 Å². The fraction of sp³-hybridized carbons (Fsp3) is 0. The van der Waals surface area contributed by atoms with Gasteiger partial charge in [-0.1, -0.05) is 29.4 Å². The van der Waals surface area contributed by atoms with Crippen LogP contribution in [0.4, 0.5) is 11.5 Å². The molecule has 1 heterocycles. The topological polar surface area (TPSA) is 37.8 Å². The zero-order valence-corrected chi connectivity index (χ0v) is 15.3. The molecule has 0 aliphatic heterocycles. The number of hydrogen-bond acceptors (Lipinski definition) is 3. The van der Waals surface area contributed by atoms with Gasteiger partial charge >= 0.3 is 0 Å². The first-order valence-corrected chi connectivity index (χ1v) is 6.20. The Labute approximate surface area is 155 Å². The molecule has 3 rings (SSSR count). The fourth-order valence-corrected chi connectivity index (χ4v) is 2.07. The number of anilines is 2. The van der Waals surface area contributed by atoms with Crippen LogP contribution in [0.25, 0.3) is 10.9 Å². The van der Waals surface area contributed by atoms with Gasteiger partial charge in [0.2, 0.25) is 0 Å². The summed E-state index contributed by atoms with van der Waals surface area (Å²) in [5.74, 6) is 0.726. The largest absolute Gasteiger partial charge is 0.392 e. The molecule has 0 amide bonds. The quantitative estimate of drug-likeness (QED) is 0.665. The van der Waals surface area contributed by atoms with Crippen LogP contribution < -0.4 is 5.32 Å². The molecule has 0 spiro atoms. The van der Waals surface area contributed by atoms with Crippen LogP contribution in [-0.2, 0) is 32.7 Å². The second-order valence-electron chi connectivity index (χ2n) is 4.17. The number of hydrogen-bond donors (Lipinski definition) is 1. The minimum Gasteiger partial charge on any atom is -0.392 e. The van der Waals surface area contributed by atoms with Crippen molar-refractivity contribution >= 4 is 34.0 Å². The molecule has 0 aliphatic carbocycles. The zero-order valence-electron chi connectivity index (χ0n) is 11.7. The minimum absolute atomic E-state index is 0. The Kier molecular flexibility index (Phi) is 6.59. The first-order valence-electron chi connectivity index (χ1n) is 5.82. The second-order valence-corrected chi connectivity index (χ2v) is 4.60. The molecule has 0 saturated heterocycles. The van der Waals surface area contributed by atoms with Crippen molar-refractivity contribution in [3.05, 3.63) is 73.7 Å². The van der Waals surface area contributed by atoms with Crippen LogP contribution in [0.3, 0.4) is 0 Å². The van der Waals surface area contributed by atoms with Gasteiger partial charge in [0.25, 0.3) is 0 Å². The van der Waals surface area contributed by atoms with Crippen molar-refractivity contribution in [2.45, 2.75) is 0 Å². The Morgan fingerprint density at radius 2 is 1.81 bits per heavy atom. The third-order valence-corrected chi connectivity index (χ3v) is 3.10. The summed E-state index contributed by atoms with van der Waals surface area (Å²) in [5.41, 5.74) is 2.68. The summed E-state index contributed by atoms with van der Waals surface area (Å²) in [7, 11) is 0. The van der Waals surface area contributed by atoms with Crippen LogP contribution in [0.5, 0.6) is 0 Å². The van der Waals surface area contributed by atoms with Gasteiger partial charge in [0.15, 0.2) is 0 Å². The third kappa shape index (κ3) is 3.94. The molecular weight excluding hydrogens is 359 g/mol. The van der Waals surface area contributed by atoms with E-state index in [1.54, 1.807) is 0 Å². The summed E-state index contributed by atoms with van der Waals surface area (Å²) in [6.45, 7) is 3.98. The Bertz CT molecular complexity index is 746. The Morgan fingerprint density at radius 3 is 2.57 bits per heavy atom. The fourth-order valence-electron chi connectivity index (χ4n) is 1.90. The van der Waals surface area contributed by atoms with Crippen molar-refractivity contribution in [3.63, 3.8) is 0 Å². The summed E-state index contributed by atoms with van der Waals surface area (Å²) < 4.78 is 0. The van der Waals surface area contributed by atoms with E-state index in [0.29, 0.717) is 5.02 Å². The van der Waals surface area contributed by atoms with Gasteiger partial charge in [0.05, 0.1) is 5.52 Å². The van der Waals surface area contributed by atoms with Gasteiger partial charge in [0.1, 0.15) is 12.1 Å². The van der Waals surface area contributed by atoms with Crippen molar-refractivity contribution in [2.75, 3.05) is 5.32 Å². The summed E-state index contributed by atoms with van der Waals surface area (Å²) in [6.07, 6.45) is 1.53. The molecule has 0 aliphatic rings. The molecule has 2 aromatic carbocycles. The van der Waals surface area contributed by atoms with E-state index in [9.17, 15) is 0 Å². The van der Waals surface area contributed by atoms with Crippen molar-refractivity contribution in [1.82, 2.24) is 9.97 Å². The van der Waals surface area contributed by atoms with Crippen LogP contribution in [0.1, 0.15) is 5.56 Å². The number of rotatable bonds is 2. The predicted octanol–water partition coefficient (Wildman–Crippen LogP) is 4.66. The molecule has 3 nitrogen and oxygen atoms in total. The van der Waals surface area contributed by atoms with Crippen molar-refractivity contribution in [2.24, 2.45) is 0 Å². The molecule has 0 bridgehead atoms. The Morgan fingerprint density at radius 1 is 1.05 bits per heavy atom. The first-order chi connectivity index (χ1) is 9.24. The smallest absolute Gasteiger partial charge is 0.130 e. The Balaban J connectivity index is 0.00000110. The van der Waals surface area contributed by atoms with E-state index in [1.165, 1.54) is 6.33 Å². The van der Waals surface area contributed by atoms with Crippen molar-refractivity contribution in [3.8, 4) is 0 Å². The van der Waals surface area contributed by atoms with E-state index in [2.05, 4.69) is 22.2 Å². The normalized spacial score (nSPS) is 9.57. The van der Waals surface area contributed by atoms with Crippen LogP contribution >= 0.6 is 11.6 Å². The number of nitrogens with one attached hydrogen (secondary N) is 1. The standard InChI is InChI=1S/C15H11ClN3.CH3.Y/c1-10-4-2-3-5-13(10)19-15-12-8-11(16)6-7-14(12)17-9-18-15;;/h2-9H,1H2,(H,17,18,19);1H3;/q2*-1;. The predicted molar refractivity (Wildman–Crippen MR) is 85.1 cm³/mol. The molecule has 0 unspecified atom stereocenters. The third-order valence-electron chi connectivity index (χ3n) is 2.87. The number of para-hydroxylation sites is 1. The van der Waals surface area contributed by atoms with Gasteiger partial charge in [-0.25, -0.2) is 9.97 Å². The molecule has 0 fully saturated rings. The first kappa shape index (κ1) is 17.9. The van der Waals surface area contributed by atoms with Crippen molar-refractivity contribution in [1.29, 1.82) is 0 Å². The zero-order chi connectivity index (χ0) is 13.2. The van der Waals surface area contributed by atoms with Gasteiger partial charge in [-0.3, -0.25) is 0 Å². The molecule has 1 radical (unpaired) electrons. The molecule has 0 saturated carbocycles. The maximum Gasteiger partial charge on any atom is 0.130 e. The Hall–Kier alpha value is -1.16. The summed E-state index contributed by atoms with van der Waals surface area (Å²) in [5, 5.41) is 4.82. The monoisotopic (exact) mass is 372 g/mol. The second kappa shape index (κ2) is 7.74. The summed E-state index contributed by atoms with van der Waals surface area (Å²) in [4.78, 5) is 8.50. The van der Waals surface area contributed by atoms with Crippen LogP contribution in [0, 0.1) is 14.4 Å². The van der Waals surface area contributed by atoms with E-state index in [-0.39, 0.29) is 40.1 Å². The van der Waals surface area contributed by atoms with Gasteiger partial charge in [-0.2, -0.15) is 18.6 Å². The number of halogens is 1. The van der Waals surface area contributed by atoms with Gasteiger partial charge in [-0.05, 0) is 18.2 Å². The maximum atomic E-state index is 6.03. The molecule has 105 valence electrons. The molecule has 5 heteroatoms. The number of aromatic nitrogens is 2. The molecule has 1 aromatic heterocycles. The van der Waals surface area contributed by atoms with E-state index in [0.717, 1.165) is 28.0 Å². The van der Waals surface area contributed by atoms with E-state index >= 15 is 0 Å². The molecule has 1 N–H and O–H groups in total. The average molecular weight is 373 g/mol. The van der Waals surface area contributed by atoms with Gasteiger partial charge in [0, 0.05) is 43.1 Å². The van der Waals surface area contributed by atoms with E-state index in [1.807, 2.05) is 42.5 Å². The van der Waals surface area contributed by atoms with E-state index < -0.39 is 0 Å². The number of benzene rings is 2. The van der Waals surface area contributed by atoms with Crippen molar-refractivity contribution < 1.29 is 32.7 Å². The minimum atomic E-state index is 0. The average Bonchev–Trinajstić information content (AvgIpc) is 2.42. The van der Waals surface area contributed by atoms with Crippen LogP contribution in [-0.4, -0.2) is 9.97 Å². The SMILES string of the molecule is [CH2-]c1ccccc1Nc1ncnc2ccc(Cl)cc12.[CH3-].[Y]. The summed E-state index contributed by atoms with van der Waals surface area (Å²) in [6, 6.07) is 13.3. The summed E-state index contributed by atoms with van der Waals surface area (Å²) >= 11 is 6.03. The van der Waals surface area contributed by atoms with Crippen LogP contribution in [0.15, 0.2) is 48.8 Å². The maximum absolute atomic E-state index is 6.03.